The number of fused-ring (bicyclic) bond motifs is 4. The molecule has 1 fully saturated rings. The molecule has 0 saturated carbocycles. The van der Waals surface area contributed by atoms with Gasteiger partial charge in [-0.1, -0.05) is 20.8 Å². The third-order valence-corrected chi connectivity index (χ3v) is 9.54. The predicted molar refractivity (Wildman–Crippen MR) is 86.0 cm³/mol. The van der Waals surface area contributed by atoms with Crippen LogP contribution in [0.1, 0.15) is 27.0 Å². The minimum Gasteiger partial charge on any atom is -0.455 e. The van der Waals surface area contributed by atoms with Crippen LogP contribution in [0.15, 0.2) is 17.1 Å². The smallest absolute Gasteiger partial charge is 0.302 e. The minimum absolute atomic E-state index is 0.0941. The third kappa shape index (κ3) is 2.84. The Morgan fingerprint density at radius 3 is 2.78 bits per heavy atom. The Morgan fingerprint density at radius 2 is 2.13 bits per heavy atom. The van der Waals surface area contributed by atoms with E-state index in [-0.39, 0.29) is 22.7 Å². The van der Waals surface area contributed by atoms with Crippen LogP contribution in [-0.4, -0.2) is 47.9 Å². The fourth-order valence-electron chi connectivity index (χ4n) is 2.54. The van der Waals surface area contributed by atoms with E-state index in [0.29, 0.717) is 6.61 Å². The average molecular weight is 340 g/mol. The molecule has 2 aliphatic heterocycles. The quantitative estimate of drug-likeness (QED) is 0.835. The van der Waals surface area contributed by atoms with Crippen LogP contribution in [0, 0.1) is 0 Å². The number of aromatic nitrogens is 2. The lowest BCUT2D eigenvalue weighted by Crippen LogP contribution is -2.47. The Balaban J connectivity index is 1.76. The summed E-state index contributed by atoms with van der Waals surface area (Å²) in [6.07, 6.45) is -0.823. The van der Waals surface area contributed by atoms with Crippen LogP contribution in [0.4, 0.5) is 0 Å². The van der Waals surface area contributed by atoms with Gasteiger partial charge in [-0.25, -0.2) is 0 Å². The third-order valence-electron chi connectivity index (χ3n) is 5.04. The number of ether oxygens (including phenoxy) is 2. The largest absolute Gasteiger partial charge is 0.455 e. The summed E-state index contributed by atoms with van der Waals surface area (Å²) in [4.78, 5) is 15.2. The molecule has 128 valence electrons. The fraction of sp³-hybridized carbons (Fsp3) is 0.733. The van der Waals surface area contributed by atoms with Crippen molar-refractivity contribution in [3.05, 3.63) is 22.6 Å². The molecule has 0 aromatic carbocycles. The molecule has 0 amide bonds. The Bertz CT molecular complexity index is 654. The van der Waals surface area contributed by atoms with Gasteiger partial charge < -0.3 is 19.0 Å². The average Bonchev–Trinajstić information content (AvgIpc) is 2.64. The molecule has 1 saturated heterocycles. The standard InChI is InChI=1S/C15H24N2O5Si/c1-15(2,3)23(4,5)20-8-9-12-11(19)13(21-9)17-7-6-10(18)16-14(17)22-12/h6-7,9,11-13,19H,8H2,1-5H3/t9-,11-,12-,13-/m1/s1. The number of nitrogens with zero attached hydrogens (tertiary/aromatic N) is 2. The van der Waals surface area contributed by atoms with Crippen LogP contribution in [0.25, 0.3) is 0 Å². The van der Waals surface area contributed by atoms with Crippen molar-refractivity contribution in [1.29, 1.82) is 0 Å². The SMILES string of the molecule is CC(C)(C)[Si](C)(C)OC[C@H]1O[C@@H]2[C@H](O)[C@@H]1Oc1nc(=O)ccn12. The minimum atomic E-state index is -1.92. The van der Waals surface area contributed by atoms with Crippen molar-refractivity contribution in [3.63, 3.8) is 0 Å². The zero-order chi connectivity index (χ0) is 17.0. The van der Waals surface area contributed by atoms with E-state index in [1.807, 2.05) is 0 Å². The highest BCUT2D eigenvalue weighted by atomic mass is 28.4. The van der Waals surface area contributed by atoms with Gasteiger partial charge in [0.2, 0.25) is 0 Å². The second kappa shape index (κ2) is 5.40. The maximum atomic E-state index is 11.4. The van der Waals surface area contributed by atoms with Crippen molar-refractivity contribution in [3.8, 4) is 6.01 Å². The van der Waals surface area contributed by atoms with Crippen molar-refractivity contribution in [2.45, 2.75) is 63.4 Å². The van der Waals surface area contributed by atoms with E-state index < -0.39 is 26.8 Å². The number of rotatable bonds is 3. The second-order valence-electron chi connectivity index (χ2n) is 7.67. The van der Waals surface area contributed by atoms with E-state index >= 15 is 0 Å². The van der Waals surface area contributed by atoms with Gasteiger partial charge in [0, 0.05) is 12.3 Å². The molecule has 0 unspecified atom stereocenters. The highest BCUT2D eigenvalue weighted by molar-refractivity contribution is 6.74. The van der Waals surface area contributed by atoms with Gasteiger partial charge in [-0.2, -0.15) is 4.98 Å². The molecule has 0 aliphatic carbocycles. The number of hydrogen-bond acceptors (Lipinski definition) is 6. The summed E-state index contributed by atoms with van der Waals surface area (Å²) in [7, 11) is -1.92. The number of aliphatic hydroxyl groups is 1. The van der Waals surface area contributed by atoms with E-state index in [1.165, 1.54) is 12.3 Å². The van der Waals surface area contributed by atoms with Gasteiger partial charge in [-0.3, -0.25) is 9.36 Å². The second-order valence-corrected chi connectivity index (χ2v) is 12.5. The van der Waals surface area contributed by atoms with Crippen LogP contribution in [-0.2, 0) is 9.16 Å². The van der Waals surface area contributed by atoms with Gasteiger partial charge in [-0.05, 0) is 18.1 Å². The Morgan fingerprint density at radius 1 is 1.43 bits per heavy atom. The van der Waals surface area contributed by atoms with Crippen LogP contribution in [0.5, 0.6) is 6.01 Å². The molecule has 4 atom stereocenters. The van der Waals surface area contributed by atoms with Crippen molar-refractivity contribution in [1.82, 2.24) is 9.55 Å². The lowest BCUT2D eigenvalue weighted by atomic mass is 10.1. The van der Waals surface area contributed by atoms with E-state index in [0.717, 1.165) is 0 Å². The Hall–Kier alpha value is -1.22. The first-order valence-electron chi connectivity index (χ1n) is 7.83. The summed E-state index contributed by atoms with van der Waals surface area (Å²) in [6.45, 7) is 11.2. The maximum Gasteiger partial charge on any atom is 0.302 e. The molecule has 3 rings (SSSR count). The molecule has 1 aromatic rings. The van der Waals surface area contributed by atoms with Crippen LogP contribution < -0.4 is 10.3 Å². The molecule has 7 nitrogen and oxygen atoms in total. The van der Waals surface area contributed by atoms with Gasteiger partial charge in [0.25, 0.3) is 5.56 Å². The monoisotopic (exact) mass is 340 g/mol. The van der Waals surface area contributed by atoms with E-state index in [4.69, 9.17) is 13.9 Å². The molecule has 3 heterocycles. The maximum absolute atomic E-state index is 11.4. The normalized spacial score (nSPS) is 30.0. The fourth-order valence-corrected chi connectivity index (χ4v) is 3.55. The number of hydrogen-bond donors (Lipinski definition) is 1. The van der Waals surface area contributed by atoms with E-state index in [1.54, 1.807) is 4.57 Å². The highest BCUT2D eigenvalue weighted by Gasteiger charge is 2.51. The molecule has 0 spiro atoms. The predicted octanol–water partition coefficient (Wildman–Crippen LogP) is 1.28. The summed E-state index contributed by atoms with van der Waals surface area (Å²) in [5.41, 5.74) is -0.374. The van der Waals surface area contributed by atoms with E-state index in [9.17, 15) is 9.90 Å². The number of aliphatic hydroxyl groups excluding tert-OH is 1. The molecule has 23 heavy (non-hydrogen) atoms. The zero-order valence-electron chi connectivity index (χ0n) is 14.1. The summed E-state index contributed by atoms with van der Waals surface area (Å²) < 4.78 is 19.3. The molecule has 2 aliphatic rings. The molecule has 1 N–H and O–H groups in total. The van der Waals surface area contributed by atoms with Gasteiger partial charge in [0.15, 0.2) is 20.6 Å². The molecule has 8 heteroatoms. The van der Waals surface area contributed by atoms with Crippen molar-refractivity contribution < 1.29 is 19.0 Å². The van der Waals surface area contributed by atoms with Crippen molar-refractivity contribution in [2.75, 3.05) is 6.61 Å². The first kappa shape index (κ1) is 16.6. The Kier molecular flexibility index (Phi) is 3.91. The topological polar surface area (TPSA) is 82.8 Å². The first-order chi connectivity index (χ1) is 10.6. The summed E-state index contributed by atoms with van der Waals surface area (Å²) in [5, 5.41) is 10.5. The van der Waals surface area contributed by atoms with E-state index in [2.05, 4.69) is 38.8 Å². The molecule has 2 bridgehead atoms. The zero-order valence-corrected chi connectivity index (χ0v) is 15.1. The van der Waals surface area contributed by atoms with Crippen LogP contribution in [0.2, 0.25) is 18.1 Å². The van der Waals surface area contributed by atoms with Gasteiger partial charge in [0.05, 0.1) is 6.61 Å². The van der Waals surface area contributed by atoms with Crippen LogP contribution in [0.3, 0.4) is 0 Å². The lowest BCUT2D eigenvalue weighted by molar-refractivity contribution is -0.0540. The van der Waals surface area contributed by atoms with Gasteiger partial charge in [0.1, 0.15) is 12.2 Å². The lowest BCUT2D eigenvalue weighted by Gasteiger charge is -2.37. The van der Waals surface area contributed by atoms with Gasteiger partial charge in [-0.15, -0.1) is 0 Å². The highest BCUT2D eigenvalue weighted by Crippen LogP contribution is 2.40. The molecule has 0 radical (unpaired) electrons. The molecule has 1 aromatic heterocycles. The van der Waals surface area contributed by atoms with Crippen molar-refractivity contribution in [2.24, 2.45) is 0 Å². The molecular formula is C15H24N2O5Si. The van der Waals surface area contributed by atoms with Crippen LogP contribution >= 0.6 is 0 Å². The summed E-state index contributed by atoms with van der Waals surface area (Å²) in [6, 6.07) is 1.51. The summed E-state index contributed by atoms with van der Waals surface area (Å²) in [5.74, 6) is 0. The summed E-state index contributed by atoms with van der Waals surface area (Å²) >= 11 is 0. The first-order valence-corrected chi connectivity index (χ1v) is 10.7. The van der Waals surface area contributed by atoms with Crippen molar-refractivity contribution >= 4 is 8.32 Å². The van der Waals surface area contributed by atoms with Gasteiger partial charge >= 0.3 is 6.01 Å². The Labute approximate surface area is 136 Å². The molecular weight excluding hydrogens is 316 g/mol.